The third-order valence-electron chi connectivity index (χ3n) is 2.60. The Morgan fingerprint density at radius 2 is 1.88 bits per heavy atom. The number of hydrogen-bond acceptors (Lipinski definition) is 3. The monoisotopic (exact) mass is 231 g/mol. The second-order valence-corrected chi connectivity index (χ2v) is 3.95. The quantitative estimate of drug-likeness (QED) is 0.628. The van der Waals surface area contributed by atoms with Crippen LogP contribution in [0, 0.1) is 12.7 Å². The summed E-state index contributed by atoms with van der Waals surface area (Å²) in [5.41, 5.74) is 5.64. The van der Waals surface area contributed by atoms with Crippen molar-refractivity contribution in [3.8, 4) is 0 Å². The predicted molar refractivity (Wildman–Crippen MR) is 64.5 cm³/mol. The van der Waals surface area contributed by atoms with E-state index in [1.54, 1.807) is 24.5 Å². The molecule has 0 saturated heterocycles. The Morgan fingerprint density at radius 1 is 1.18 bits per heavy atom. The van der Waals surface area contributed by atoms with Gasteiger partial charge in [-0.1, -0.05) is 18.2 Å². The number of aryl methyl sites for hydroxylation is 1. The zero-order valence-electron chi connectivity index (χ0n) is 9.52. The van der Waals surface area contributed by atoms with Gasteiger partial charge in [0.2, 0.25) is 0 Å². The van der Waals surface area contributed by atoms with Gasteiger partial charge in [-0.2, -0.15) is 0 Å². The van der Waals surface area contributed by atoms with Crippen molar-refractivity contribution in [1.29, 1.82) is 0 Å². The standard InChI is InChI=1S/C13H14FN3/c1-9-6-11(8-16-7-9)13(17-15)10-2-4-12(14)5-3-10/h2-8,13,17H,15H2,1H3. The number of nitrogens with one attached hydrogen (secondary N) is 1. The van der Waals surface area contributed by atoms with Crippen LogP contribution in [-0.4, -0.2) is 4.98 Å². The fourth-order valence-corrected chi connectivity index (χ4v) is 1.78. The number of nitrogens with zero attached hydrogens (tertiary/aromatic N) is 1. The third kappa shape index (κ3) is 2.67. The first-order chi connectivity index (χ1) is 8.20. The molecule has 1 aromatic heterocycles. The average molecular weight is 231 g/mol. The molecule has 1 heterocycles. The summed E-state index contributed by atoms with van der Waals surface area (Å²) in [6.07, 6.45) is 3.53. The van der Waals surface area contributed by atoms with Crippen LogP contribution in [0.3, 0.4) is 0 Å². The van der Waals surface area contributed by atoms with E-state index in [0.717, 1.165) is 16.7 Å². The number of halogens is 1. The van der Waals surface area contributed by atoms with Crippen LogP contribution in [0.1, 0.15) is 22.7 Å². The molecule has 0 bridgehead atoms. The lowest BCUT2D eigenvalue weighted by atomic mass is 10.00. The number of pyridine rings is 1. The van der Waals surface area contributed by atoms with Gasteiger partial charge in [-0.15, -0.1) is 0 Å². The van der Waals surface area contributed by atoms with Gasteiger partial charge < -0.3 is 0 Å². The molecule has 3 N–H and O–H groups in total. The van der Waals surface area contributed by atoms with Gasteiger partial charge in [-0.25, -0.2) is 9.82 Å². The predicted octanol–water partition coefficient (Wildman–Crippen LogP) is 2.08. The van der Waals surface area contributed by atoms with Gasteiger partial charge in [-0.05, 0) is 35.7 Å². The summed E-state index contributed by atoms with van der Waals surface area (Å²) in [5, 5.41) is 0. The molecule has 0 spiro atoms. The zero-order valence-corrected chi connectivity index (χ0v) is 9.52. The highest BCUT2D eigenvalue weighted by atomic mass is 19.1. The highest BCUT2D eigenvalue weighted by Crippen LogP contribution is 2.21. The van der Waals surface area contributed by atoms with E-state index in [1.165, 1.54) is 12.1 Å². The molecular weight excluding hydrogens is 217 g/mol. The largest absolute Gasteiger partial charge is 0.271 e. The Bertz CT molecular complexity index is 496. The smallest absolute Gasteiger partial charge is 0.123 e. The topological polar surface area (TPSA) is 50.9 Å². The van der Waals surface area contributed by atoms with Crippen LogP contribution >= 0.6 is 0 Å². The van der Waals surface area contributed by atoms with E-state index in [1.807, 2.05) is 13.0 Å². The molecular formula is C13H14FN3. The van der Waals surface area contributed by atoms with Crippen molar-refractivity contribution in [1.82, 2.24) is 10.4 Å². The van der Waals surface area contributed by atoms with Crippen LogP contribution in [-0.2, 0) is 0 Å². The van der Waals surface area contributed by atoms with Gasteiger partial charge in [0.15, 0.2) is 0 Å². The third-order valence-corrected chi connectivity index (χ3v) is 2.60. The van der Waals surface area contributed by atoms with Gasteiger partial charge in [0.05, 0.1) is 6.04 Å². The maximum absolute atomic E-state index is 12.9. The SMILES string of the molecule is Cc1cncc(C(NN)c2ccc(F)cc2)c1. The van der Waals surface area contributed by atoms with Crippen LogP contribution < -0.4 is 11.3 Å². The molecule has 1 atom stereocenters. The maximum Gasteiger partial charge on any atom is 0.123 e. The van der Waals surface area contributed by atoms with Crippen molar-refractivity contribution in [3.63, 3.8) is 0 Å². The van der Waals surface area contributed by atoms with E-state index in [0.29, 0.717) is 0 Å². The Hall–Kier alpha value is -1.78. The van der Waals surface area contributed by atoms with E-state index in [4.69, 9.17) is 5.84 Å². The maximum atomic E-state index is 12.9. The molecule has 88 valence electrons. The molecule has 0 aliphatic rings. The van der Waals surface area contributed by atoms with Gasteiger partial charge in [-0.3, -0.25) is 10.8 Å². The highest BCUT2D eigenvalue weighted by molar-refractivity contribution is 5.31. The number of benzene rings is 1. The van der Waals surface area contributed by atoms with Gasteiger partial charge in [0.25, 0.3) is 0 Å². The van der Waals surface area contributed by atoms with Crippen molar-refractivity contribution in [2.45, 2.75) is 13.0 Å². The molecule has 0 aliphatic carbocycles. The van der Waals surface area contributed by atoms with Crippen molar-refractivity contribution in [2.24, 2.45) is 5.84 Å². The first-order valence-corrected chi connectivity index (χ1v) is 5.34. The molecule has 0 radical (unpaired) electrons. The van der Waals surface area contributed by atoms with E-state index in [-0.39, 0.29) is 11.9 Å². The van der Waals surface area contributed by atoms with E-state index in [2.05, 4.69) is 10.4 Å². The van der Waals surface area contributed by atoms with Crippen LogP contribution in [0.25, 0.3) is 0 Å². The number of hydrogen-bond donors (Lipinski definition) is 2. The molecule has 2 aromatic rings. The lowest BCUT2D eigenvalue weighted by molar-refractivity contribution is 0.614. The normalized spacial score (nSPS) is 12.4. The van der Waals surface area contributed by atoms with Crippen molar-refractivity contribution >= 4 is 0 Å². The molecule has 4 heteroatoms. The van der Waals surface area contributed by atoms with Crippen LogP contribution in [0.4, 0.5) is 4.39 Å². The Balaban J connectivity index is 2.36. The van der Waals surface area contributed by atoms with Gasteiger partial charge >= 0.3 is 0 Å². The minimum atomic E-state index is -0.258. The average Bonchev–Trinajstić information content (AvgIpc) is 2.33. The number of nitrogens with two attached hydrogens (primary N) is 1. The van der Waals surface area contributed by atoms with Gasteiger partial charge in [0.1, 0.15) is 5.82 Å². The molecule has 0 amide bonds. The van der Waals surface area contributed by atoms with E-state index >= 15 is 0 Å². The van der Waals surface area contributed by atoms with Crippen LogP contribution in [0.15, 0.2) is 42.7 Å². The molecule has 1 unspecified atom stereocenters. The lowest BCUT2D eigenvalue weighted by Gasteiger charge is -2.16. The Kier molecular flexibility index (Phi) is 3.46. The summed E-state index contributed by atoms with van der Waals surface area (Å²) >= 11 is 0. The Morgan fingerprint density at radius 3 is 2.47 bits per heavy atom. The van der Waals surface area contributed by atoms with E-state index < -0.39 is 0 Å². The zero-order chi connectivity index (χ0) is 12.3. The summed E-state index contributed by atoms with van der Waals surface area (Å²) in [5.74, 6) is 5.30. The first-order valence-electron chi connectivity index (χ1n) is 5.34. The second-order valence-electron chi connectivity index (χ2n) is 3.95. The molecule has 17 heavy (non-hydrogen) atoms. The summed E-state index contributed by atoms with van der Waals surface area (Å²) < 4.78 is 12.9. The van der Waals surface area contributed by atoms with Crippen molar-refractivity contribution < 1.29 is 4.39 Å². The van der Waals surface area contributed by atoms with Crippen molar-refractivity contribution in [2.75, 3.05) is 0 Å². The summed E-state index contributed by atoms with van der Waals surface area (Å²) in [7, 11) is 0. The van der Waals surface area contributed by atoms with Gasteiger partial charge in [0, 0.05) is 12.4 Å². The molecule has 1 aromatic carbocycles. The van der Waals surface area contributed by atoms with Crippen LogP contribution in [0.2, 0.25) is 0 Å². The summed E-state index contributed by atoms with van der Waals surface area (Å²) in [6, 6.07) is 8.08. The van der Waals surface area contributed by atoms with E-state index in [9.17, 15) is 4.39 Å². The fraction of sp³-hybridized carbons (Fsp3) is 0.154. The molecule has 0 fully saturated rings. The lowest BCUT2D eigenvalue weighted by Crippen LogP contribution is -2.29. The Labute approximate surface area is 99.5 Å². The summed E-state index contributed by atoms with van der Waals surface area (Å²) in [4.78, 5) is 4.13. The number of rotatable bonds is 3. The van der Waals surface area contributed by atoms with Crippen LogP contribution in [0.5, 0.6) is 0 Å². The number of hydrazine groups is 1. The molecule has 0 saturated carbocycles. The highest BCUT2D eigenvalue weighted by Gasteiger charge is 2.12. The molecule has 0 aliphatic heterocycles. The number of aromatic nitrogens is 1. The first kappa shape index (κ1) is 11.7. The molecule has 3 nitrogen and oxygen atoms in total. The fourth-order valence-electron chi connectivity index (χ4n) is 1.78. The molecule has 2 rings (SSSR count). The summed E-state index contributed by atoms with van der Waals surface area (Å²) in [6.45, 7) is 1.97. The second kappa shape index (κ2) is 5.03. The minimum Gasteiger partial charge on any atom is -0.271 e. The van der Waals surface area contributed by atoms with Crippen molar-refractivity contribution in [3.05, 3.63) is 65.2 Å². The minimum absolute atomic E-state index is 0.178.